The number of aromatic nitrogens is 1. The fourth-order valence-electron chi connectivity index (χ4n) is 4.74. The van der Waals surface area contributed by atoms with Crippen LogP contribution >= 0.6 is 0 Å². The van der Waals surface area contributed by atoms with Gasteiger partial charge in [0.05, 0.1) is 5.69 Å². The van der Waals surface area contributed by atoms with Gasteiger partial charge in [-0.2, -0.15) is 0 Å². The Kier molecular flexibility index (Phi) is 4.89. The molecule has 3 aliphatic rings. The van der Waals surface area contributed by atoms with Gasteiger partial charge in [0.25, 0.3) is 0 Å². The van der Waals surface area contributed by atoms with E-state index in [1.165, 1.54) is 0 Å². The molecule has 30 heavy (non-hydrogen) atoms. The van der Waals surface area contributed by atoms with E-state index in [4.69, 9.17) is 9.47 Å². The minimum Gasteiger partial charge on any atom is -0.454 e. The molecule has 0 radical (unpaired) electrons. The zero-order chi connectivity index (χ0) is 20.7. The predicted octanol–water partition coefficient (Wildman–Crippen LogP) is 3.00. The van der Waals surface area contributed by atoms with E-state index >= 15 is 0 Å². The minimum atomic E-state index is -0.633. The second-order valence-corrected chi connectivity index (χ2v) is 8.64. The van der Waals surface area contributed by atoms with E-state index in [1.807, 2.05) is 41.1 Å². The van der Waals surface area contributed by atoms with Crippen LogP contribution in [0.5, 0.6) is 11.5 Å². The highest BCUT2D eigenvalue weighted by Gasteiger charge is 2.38. The molecule has 1 unspecified atom stereocenters. The van der Waals surface area contributed by atoms with Gasteiger partial charge in [0.1, 0.15) is 6.54 Å². The van der Waals surface area contributed by atoms with Crippen molar-refractivity contribution in [2.24, 2.45) is 5.92 Å². The number of carbonyl (C=O) groups excluding carboxylic acids is 2. The van der Waals surface area contributed by atoms with Gasteiger partial charge >= 0.3 is 0 Å². The van der Waals surface area contributed by atoms with Crippen LogP contribution in [0.25, 0.3) is 0 Å². The van der Waals surface area contributed by atoms with Crippen LogP contribution in [-0.2, 0) is 22.7 Å². The largest absolute Gasteiger partial charge is 0.454 e. The lowest BCUT2D eigenvalue weighted by molar-refractivity contribution is -0.144. The van der Waals surface area contributed by atoms with E-state index in [1.54, 1.807) is 4.90 Å². The summed E-state index contributed by atoms with van der Waals surface area (Å²) in [6.07, 6.45) is 6.12. The quantitative estimate of drug-likeness (QED) is 0.843. The van der Waals surface area contributed by atoms with Crippen LogP contribution in [-0.4, -0.2) is 34.1 Å². The molecule has 3 heterocycles. The molecular weight excluding hydrogens is 382 g/mol. The fraction of sp³-hybridized carbons (Fsp3) is 0.478. The van der Waals surface area contributed by atoms with Crippen molar-refractivity contribution in [3.63, 3.8) is 0 Å². The van der Waals surface area contributed by atoms with Gasteiger partial charge in [-0.25, -0.2) is 0 Å². The van der Waals surface area contributed by atoms with Crippen LogP contribution in [0.4, 0.5) is 0 Å². The Morgan fingerprint density at radius 3 is 2.77 bits per heavy atom. The van der Waals surface area contributed by atoms with Crippen LogP contribution in [0.3, 0.4) is 0 Å². The molecule has 1 atom stereocenters. The predicted molar refractivity (Wildman–Crippen MR) is 110 cm³/mol. The van der Waals surface area contributed by atoms with Crippen molar-refractivity contribution in [2.45, 2.75) is 57.8 Å². The molecular formula is C23H27N3O4. The van der Waals surface area contributed by atoms with Crippen molar-refractivity contribution in [1.29, 1.82) is 0 Å². The van der Waals surface area contributed by atoms with Gasteiger partial charge in [-0.15, -0.1) is 0 Å². The Morgan fingerprint density at radius 1 is 1.13 bits per heavy atom. The van der Waals surface area contributed by atoms with Gasteiger partial charge in [-0.05, 0) is 61.4 Å². The first-order valence-electron chi connectivity index (χ1n) is 10.7. The van der Waals surface area contributed by atoms with Crippen molar-refractivity contribution in [3.05, 3.63) is 47.8 Å². The fourth-order valence-corrected chi connectivity index (χ4v) is 4.74. The summed E-state index contributed by atoms with van der Waals surface area (Å²) in [6.45, 7) is 3.07. The molecule has 0 spiro atoms. The van der Waals surface area contributed by atoms with Crippen LogP contribution in [0, 0.1) is 5.92 Å². The highest BCUT2D eigenvalue weighted by Crippen LogP contribution is 2.35. The molecule has 1 aliphatic carbocycles. The van der Waals surface area contributed by atoms with Crippen LogP contribution in [0.15, 0.2) is 36.5 Å². The summed E-state index contributed by atoms with van der Waals surface area (Å²) >= 11 is 0. The van der Waals surface area contributed by atoms with Gasteiger partial charge in [0.2, 0.25) is 18.6 Å². The van der Waals surface area contributed by atoms with E-state index in [0.29, 0.717) is 24.0 Å². The number of rotatable bonds is 4. The molecule has 1 fully saturated rings. The molecule has 7 nitrogen and oxygen atoms in total. The summed E-state index contributed by atoms with van der Waals surface area (Å²) < 4.78 is 12.7. The Labute approximate surface area is 175 Å². The topological polar surface area (TPSA) is 72.8 Å². The molecule has 1 aromatic heterocycles. The lowest BCUT2D eigenvalue weighted by Gasteiger charge is -2.37. The number of amides is 2. The zero-order valence-electron chi connectivity index (χ0n) is 17.2. The normalized spacial score (nSPS) is 25.2. The lowest BCUT2D eigenvalue weighted by Crippen LogP contribution is -2.50. The molecule has 1 N–H and O–H groups in total. The van der Waals surface area contributed by atoms with Crippen LogP contribution in [0.2, 0.25) is 0 Å². The molecule has 158 valence electrons. The molecule has 5 rings (SSSR count). The standard InChI is InChI=1S/C23H27N3O4/c1-15-4-7-17(8-5-15)24-23(28)22-18-3-2-10-25(18)13-21(27)26(22)12-16-6-9-19-20(11-16)30-14-29-19/h2-3,6,9-11,15,17,22H,4-5,7-8,12-14H2,1H3,(H,24,28). The maximum absolute atomic E-state index is 13.4. The number of nitrogens with zero attached hydrogens (tertiary/aromatic N) is 2. The number of benzene rings is 1. The monoisotopic (exact) mass is 409 g/mol. The third-order valence-electron chi connectivity index (χ3n) is 6.48. The Bertz CT molecular complexity index is 961. The average molecular weight is 409 g/mol. The van der Waals surface area contributed by atoms with E-state index < -0.39 is 6.04 Å². The summed E-state index contributed by atoms with van der Waals surface area (Å²) in [7, 11) is 0. The van der Waals surface area contributed by atoms with E-state index in [-0.39, 0.29) is 31.2 Å². The smallest absolute Gasteiger partial charge is 0.249 e. The Hall–Kier alpha value is -2.96. The van der Waals surface area contributed by atoms with Crippen LogP contribution in [0.1, 0.15) is 49.9 Å². The van der Waals surface area contributed by atoms with Gasteiger partial charge in [0.15, 0.2) is 17.5 Å². The molecule has 1 saturated carbocycles. The number of fused-ring (bicyclic) bond motifs is 2. The molecule has 2 aromatic rings. The number of hydrogen-bond acceptors (Lipinski definition) is 4. The summed E-state index contributed by atoms with van der Waals surface area (Å²) in [6, 6.07) is 9.05. The number of nitrogens with one attached hydrogen (secondary N) is 1. The van der Waals surface area contributed by atoms with Gasteiger partial charge < -0.3 is 24.3 Å². The summed E-state index contributed by atoms with van der Waals surface area (Å²) in [5.41, 5.74) is 1.77. The Balaban J connectivity index is 1.39. The van der Waals surface area contributed by atoms with Crippen molar-refractivity contribution < 1.29 is 19.1 Å². The van der Waals surface area contributed by atoms with Gasteiger partial charge in [0, 0.05) is 18.8 Å². The van der Waals surface area contributed by atoms with Crippen molar-refractivity contribution in [2.75, 3.05) is 6.79 Å². The maximum Gasteiger partial charge on any atom is 0.249 e. The molecule has 0 bridgehead atoms. The van der Waals surface area contributed by atoms with Crippen molar-refractivity contribution in [3.8, 4) is 11.5 Å². The van der Waals surface area contributed by atoms with Gasteiger partial charge in [-0.1, -0.05) is 13.0 Å². The second kappa shape index (κ2) is 7.70. The number of ether oxygens (including phenoxy) is 2. The third-order valence-corrected chi connectivity index (χ3v) is 6.48. The van der Waals surface area contributed by atoms with E-state index in [2.05, 4.69) is 12.2 Å². The molecule has 0 saturated heterocycles. The summed E-state index contributed by atoms with van der Waals surface area (Å²) in [5.74, 6) is 1.95. The van der Waals surface area contributed by atoms with E-state index in [0.717, 1.165) is 36.9 Å². The SMILES string of the molecule is CC1CCC(NC(=O)C2c3cccn3CC(=O)N2Cc2ccc3c(c2)OCO3)CC1. The summed E-state index contributed by atoms with van der Waals surface area (Å²) in [5, 5.41) is 3.23. The summed E-state index contributed by atoms with van der Waals surface area (Å²) in [4.78, 5) is 28.1. The lowest BCUT2D eigenvalue weighted by atomic mass is 9.87. The second-order valence-electron chi connectivity index (χ2n) is 8.64. The Morgan fingerprint density at radius 2 is 1.93 bits per heavy atom. The first kappa shape index (κ1) is 19.0. The highest BCUT2D eigenvalue weighted by atomic mass is 16.7. The number of hydrogen-bond donors (Lipinski definition) is 1. The van der Waals surface area contributed by atoms with Gasteiger partial charge in [-0.3, -0.25) is 9.59 Å². The molecule has 2 aliphatic heterocycles. The first-order valence-corrected chi connectivity index (χ1v) is 10.7. The van der Waals surface area contributed by atoms with Crippen molar-refractivity contribution in [1.82, 2.24) is 14.8 Å². The third kappa shape index (κ3) is 3.53. The minimum absolute atomic E-state index is 0.0613. The zero-order valence-corrected chi connectivity index (χ0v) is 17.2. The van der Waals surface area contributed by atoms with Crippen molar-refractivity contribution >= 4 is 11.8 Å². The number of carbonyl (C=O) groups is 2. The first-order chi connectivity index (χ1) is 14.6. The molecule has 2 amide bonds. The van der Waals surface area contributed by atoms with E-state index in [9.17, 15) is 9.59 Å². The molecule has 1 aromatic carbocycles. The van der Waals surface area contributed by atoms with Crippen LogP contribution < -0.4 is 14.8 Å². The highest BCUT2D eigenvalue weighted by molar-refractivity contribution is 5.90. The average Bonchev–Trinajstić information content (AvgIpc) is 3.38. The maximum atomic E-state index is 13.4. The molecule has 7 heteroatoms.